The summed E-state index contributed by atoms with van der Waals surface area (Å²) in [6.07, 6.45) is 0. The van der Waals surface area contributed by atoms with Crippen molar-refractivity contribution in [3.05, 3.63) is 114 Å². The zero-order valence-electron chi connectivity index (χ0n) is 21.1. The number of benzene rings is 5. The number of hydrogen-bond donors (Lipinski definition) is 0. The van der Waals surface area contributed by atoms with Crippen LogP contribution in [-0.4, -0.2) is 13.7 Å². The Bertz CT molecular complexity index is 2250. The topological polar surface area (TPSA) is 86.2 Å². The minimum atomic E-state index is -1.15. The summed E-state index contributed by atoms with van der Waals surface area (Å²) in [6, 6.07) is 31.3. The van der Waals surface area contributed by atoms with Crippen LogP contribution in [0.15, 0.2) is 91.0 Å². The average molecular weight is 552 g/mol. The summed E-state index contributed by atoms with van der Waals surface area (Å²) >= 11 is 1.13. The van der Waals surface area contributed by atoms with Crippen LogP contribution in [0.4, 0.5) is 8.78 Å². The lowest BCUT2D eigenvalue weighted by atomic mass is 9.93. The summed E-state index contributed by atoms with van der Waals surface area (Å²) in [4.78, 5) is 5.03. The van der Waals surface area contributed by atoms with E-state index in [4.69, 9.17) is 9.36 Å². The van der Waals surface area contributed by atoms with Crippen LogP contribution in [0.5, 0.6) is 0 Å². The molecule has 0 amide bonds. The summed E-state index contributed by atoms with van der Waals surface area (Å²) in [6.45, 7) is 0. The maximum Gasteiger partial charge on any atom is 0.161 e. The normalized spacial score (nSPS) is 11.1. The van der Waals surface area contributed by atoms with Gasteiger partial charge in [-0.1, -0.05) is 72.8 Å². The summed E-state index contributed by atoms with van der Waals surface area (Å²) in [5.74, 6) is -2.16. The Hall–Kier alpha value is -5.57. The maximum absolute atomic E-state index is 15.0. The second-order valence-electron chi connectivity index (χ2n) is 9.43. The van der Waals surface area contributed by atoms with Crippen molar-refractivity contribution in [2.45, 2.75) is 0 Å². The third-order valence-corrected chi connectivity index (χ3v) is 7.71. The molecule has 0 aliphatic carbocycles. The predicted octanol–water partition coefficient (Wildman–Crippen LogP) is 8.42. The van der Waals surface area contributed by atoms with E-state index >= 15 is 4.39 Å². The van der Waals surface area contributed by atoms with E-state index in [-0.39, 0.29) is 11.1 Å². The smallest absolute Gasteiger partial charge is 0.161 e. The highest BCUT2D eigenvalue weighted by atomic mass is 32.1. The molecule has 0 aliphatic heterocycles. The van der Waals surface area contributed by atoms with Crippen LogP contribution in [0, 0.1) is 34.3 Å². The maximum atomic E-state index is 15.0. The average Bonchev–Trinajstić information content (AvgIpc) is 3.51. The lowest BCUT2D eigenvalue weighted by molar-refractivity contribution is 0.576. The number of nitriles is 2. The Morgan fingerprint density at radius 2 is 1.32 bits per heavy atom. The summed E-state index contributed by atoms with van der Waals surface area (Å²) < 4.78 is 38.7. The molecule has 7 rings (SSSR count). The molecule has 0 aliphatic rings. The molecule has 0 unspecified atom stereocenters. The fourth-order valence-corrected chi connectivity index (χ4v) is 5.82. The Balaban J connectivity index is 1.47. The predicted molar refractivity (Wildman–Crippen MR) is 156 cm³/mol. The first-order valence-corrected chi connectivity index (χ1v) is 13.3. The van der Waals surface area contributed by atoms with Gasteiger partial charge in [-0.15, -0.1) is 0 Å². The standard InChI is InChI=1S/C33H15F2N5S/c34-29-21(16-36)14-23(30(35)26(29)17-37)18-10-12-19(13-11-18)24-15-25-28(33-32(24)39-41-40-33)22-8-4-5-9-27(22)38-31(25)20-6-2-1-3-7-20/h1-15H. The molecule has 2 heterocycles. The molecular weight excluding hydrogens is 536 g/mol. The first kappa shape index (κ1) is 24.5. The fourth-order valence-electron chi connectivity index (χ4n) is 5.26. The molecular formula is C33H15F2N5S. The molecule has 0 bridgehead atoms. The zero-order chi connectivity index (χ0) is 28.1. The second kappa shape index (κ2) is 9.56. The van der Waals surface area contributed by atoms with Gasteiger partial charge in [0.15, 0.2) is 11.6 Å². The Morgan fingerprint density at radius 1 is 0.634 bits per heavy atom. The van der Waals surface area contributed by atoms with Crippen LogP contribution in [-0.2, 0) is 0 Å². The van der Waals surface area contributed by atoms with Gasteiger partial charge >= 0.3 is 0 Å². The van der Waals surface area contributed by atoms with Gasteiger partial charge in [0.05, 0.1) is 28.5 Å². The third-order valence-electron chi connectivity index (χ3n) is 7.19. The van der Waals surface area contributed by atoms with Crippen molar-refractivity contribution in [3.8, 4) is 45.6 Å². The molecule has 7 aromatic rings. The minimum absolute atomic E-state index is 0.0212. The van der Waals surface area contributed by atoms with Crippen molar-refractivity contribution >= 4 is 44.4 Å². The van der Waals surface area contributed by atoms with Crippen LogP contribution >= 0.6 is 11.7 Å². The highest BCUT2D eigenvalue weighted by Gasteiger charge is 2.21. The van der Waals surface area contributed by atoms with Gasteiger partial charge < -0.3 is 0 Å². The highest BCUT2D eigenvalue weighted by molar-refractivity contribution is 7.00. The number of hydrogen-bond acceptors (Lipinski definition) is 6. The second-order valence-corrected chi connectivity index (χ2v) is 9.96. The molecule has 41 heavy (non-hydrogen) atoms. The molecule has 0 saturated carbocycles. The van der Waals surface area contributed by atoms with Crippen LogP contribution in [0.2, 0.25) is 0 Å². The number of pyridine rings is 1. The molecule has 8 heteroatoms. The first-order valence-electron chi connectivity index (χ1n) is 12.5. The fraction of sp³-hybridized carbons (Fsp3) is 0. The molecule has 5 aromatic carbocycles. The number of rotatable bonds is 3. The third kappa shape index (κ3) is 3.81. The van der Waals surface area contributed by atoms with E-state index in [9.17, 15) is 14.9 Å². The molecule has 2 aromatic heterocycles. The van der Waals surface area contributed by atoms with E-state index in [1.807, 2.05) is 66.7 Å². The lowest BCUT2D eigenvalue weighted by Crippen LogP contribution is -1.98. The van der Waals surface area contributed by atoms with Gasteiger partial charge in [-0.2, -0.15) is 19.3 Å². The monoisotopic (exact) mass is 551 g/mol. The highest BCUT2D eigenvalue weighted by Crippen LogP contribution is 2.41. The molecule has 192 valence electrons. The first-order chi connectivity index (χ1) is 20.1. The van der Waals surface area contributed by atoms with E-state index < -0.39 is 17.2 Å². The number of aromatic nitrogens is 3. The van der Waals surface area contributed by atoms with Crippen molar-refractivity contribution in [3.63, 3.8) is 0 Å². The van der Waals surface area contributed by atoms with Gasteiger partial charge in [0.2, 0.25) is 0 Å². The van der Waals surface area contributed by atoms with Crippen LogP contribution in [0.3, 0.4) is 0 Å². The van der Waals surface area contributed by atoms with E-state index in [1.165, 1.54) is 6.07 Å². The van der Waals surface area contributed by atoms with Crippen molar-refractivity contribution in [1.29, 1.82) is 10.5 Å². The van der Waals surface area contributed by atoms with E-state index in [1.54, 1.807) is 18.2 Å². The summed E-state index contributed by atoms with van der Waals surface area (Å²) in [7, 11) is 0. The zero-order valence-corrected chi connectivity index (χ0v) is 21.9. The van der Waals surface area contributed by atoms with Gasteiger partial charge in [0, 0.05) is 32.8 Å². The van der Waals surface area contributed by atoms with Gasteiger partial charge in [-0.25, -0.2) is 13.8 Å². The van der Waals surface area contributed by atoms with E-state index in [0.717, 1.165) is 72.9 Å². The SMILES string of the molecule is N#Cc1cc(-c2ccc(-c3cc4c(-c5ccccc5)nc5ccccc5c4c4nsnc34)cc2)c(F)c(C#N)c1F. The Kier molecular flexibility index (Phi) is 5.71. The Morgan fingerprint density at radius 3 is 2.05 bits per heavy atom. The molecule has 5 nitrogen and oxygen atoms in total. The van der Waals surface area contributed by atoms with Crippen molar-refractivity contribution in [1.82, 2.24) is 13.7 Å². The molecule has 0 saturated heterocycles. The molecule has 0 radical (unpaired) electrons. The summed E-state index contributed by atoms with van der Waals surface area (Å²) in [5.41, 5.74) is 5.02. The lowest BCUT2D eigenvalue weighted by Gasteiger charge is -2.13. The van der Waals surface area contributed by atoms with Crippen LogP contribution in [0.1, 0.15) is 11.1 Å². The van der Waals surface area contributed by atoms with Crippen LogP contribution in [0.25, 0.3) is 66.2 Å². The van der Waals surface area contributed by atoms with Crippen molar-refractivity contribution in [2.24, 2.45) is 0 Å². The largest absolute Gasteiger partial charge is 0.247 e. The van der Waals surface area contributed by atoms with Crippen molar-refractivity contribution < 1.29 is 8.78 Å². The Labute approximate surface area is 236 Å². The minimum Gasteiger partial charge on any atom is -0.247 e. The van der Waals surface area contributed by atoms with Crippen LogP contribution < -0.4 is 0 Å². The number of fused-ring (bicyclic) bond motifs is 5. The molecule has 0 fully saturated rings. The van der Waals surface area contributed by atoms with Gasteiger partial charge in [0.1, 0.15) is 28.7 Å². The molecule has 0 N–H and O–H groups in total. The number of para-hydroxylation sites is 1. The van der Waals surface area contributed by atoms with Crippen molar-refractivity contribution in [2.75, 3.05) is 0 Å². The molecule has 0 spiro atoms. The van der Waals surface area contributed by atoms with E-state index in [2.05, 4.69) is 10.4 Å². The molecule has 0 atom stereocenters. The number of nitrogens with zero attached hydrogens (tertiary/aromatic N) is 5. The van der Waals surface area contributed by atoms with E-state index in [0.29, 0.717) is 5.56 Å². The number of halogens is 2. The van der Waals surface area contributed by atoms with Gasteiger partial charge in [-0.05, 0) is 29.3 Å². The van der Waals surface area contributed by atoms with Gasteiger partial charge in [0.25, 0.3) is 0 Å². The quantitative estimate of drug-likeness (QED) is 0.206. The summed E-state index contributed by atoms with van der Waals surface area (Å²) in [5, 5.41) is 21.4. The van der Waals surface area contributed by atoms with Gasteiger partial charge in [-0.3, -0.25) is 0 Å².